The van der Waals surface area contributed by atoms with Gasteiger partial charge >= 0.3 is 0 Å². The van der Waals surface area contributed by atoms with Gasteiger partial charge in [0, 0.05) is 28.4 Å². The first-order valence-electron chi connectivity index (χ1n) is 6.67. The molecule has 18 heavy (non-hydrogen) atoms. The Morgan fingerprint density at radius 3 is 2.22 bits per heavy atom. The summed E-state index contributed by atoms with van der Waals surface area (Å²) in [7, 11) is 2.19. The lowest BCUT2D eigenvalue weighted by molar-refractivity contribution is 0.100. The predicted octanol–water partition coefficient (Wildman–Crippen LogP) is 3.73. The maximum Gasteiger partial charge on any atom is 0.0481 e. The quantitative estimate of drug-likeness (QED) is 0.901. The molecule has 2 atom stereocenters. The molecule has 0 fully saturated rings. The first-order valence-corrected chi connectivity index (χ1v) is 7.49. The van der Waals surface area contributed by atoms with Crippen LogP contribution in [0.5, 0.6) is 0 Å². The molecule has 0 aliphatic rings. The number of hydrogen-bond acceptors (Lipinski definition) is 3. The van der Waals surface area contributed by atoms with E-state index < -0.39 is 0 Å². The fourth-order valence-corrected chi connectivity index (χ4v) is 3.36. The topological polar surface area (TPSA) is 29.3 Å². The first kappa shape index (κ1) is 15.7. The van der Waals surface area contributed by atoms with Crippen LogP contribution in [0.25, 0.3) is 0 Å². The monoisotopic (exact) mass is 268 g/mol. The zero-order valence-electron chi connectivity index (χ0n) is 12.9. The summed E-state index contributed by atoms with van der Waals surface area (Å²) in [6, 6.07) is 3.11. The van der Waals surface area contributed by atoms with E-state index in [4.69, 9.17) is 5.73 Å². The van der Waals surface area contributed by atoms with Gasteiger partial charge in [0.15, 0.2) is 0 Å². The lowest BCUT2D eigenvalue weighted by atomic mass is 9.86. The van der Waals surface area contributed by atoms with Crippen LogP contribution in [0.1, 0.15) is 49.1 Å². The zero-order chi connectivity index (χ0) is 14.1. The van der Waals surface area contributed by atoms with Crippen LogP contribution in [0, 0.1) is 19.3 Å². The Morgan fingerprint density at radius 2 is 1.89 bits per heavy atom. The molecular formula is C15H28N2S. The van der Waals surface area contributed by atoms with Crippen LogP contribution in [0.2, 0.25) is 0 Å². The lowest BCUT2D eigenvalue weighted by Crippen LogP contribution is -2.43. The molecule has 2 unspecified atom stereocenters. The largest absolute Gasteiger partial charge is 0.329 e. The Hall–Kier alpha value is -0.380. The third-order valence-electron chi connectivity index (χ3n) is 4.02. The Balaban J connectivity index is 3.00. The summed E-state index contributed by atoms with van der Waals surface area (Å²) in [6.07, 6.45) is 0. The molecule has 0 aromatic carbocycles. The second-order valence-electron chi connectivity index (χ2n) is 6.33. The molecular weight excluding hydrogens is 240 g/mol. The molecule has 1 aromatic heterocycles. The summed E-state index contributed by atoms with van der Waals surface area (Å²) < 4.78 is 0. The van der Waals surface area contributed by atoms with Crippen molar-refractivity contribution in [3.8, 4) is 0 Å². The molecule has 0 saturated heterocycles. The summed E-state index contributed by atoms with van der Waals surface area (Å²) in [5.41, 5.74) is 7.69. The van der Waals surface area contributed by atoms with Crippen LogP contribution < -0.4 is 5.73 Å². The fourth-order valence-electron chi connectivity index (χ4n) is 2.37. The molecule has 1 aromatic rings. The van der Waals surface area contributed by atoms with Crippen molar-refractivity contribution in [1.29, 1.82) is 0 Å². The minimum absolute atomic E-state index is 0.265. The van der Waals surface area contributed by atoms with Gasteiger partial charge in [-0.1, -0.05) is 20.8 Å². The highest BCUT2D eigenvalue weighted by atomic mass is 32.1. The molecule has 104 valence electrons. The number of nitrogens with zero attached hydrogens (tertiary/aromatic N) is 1. The number of nitrogens with two attached hydrogens (primary N) is 1. The molecule has 0 aliphatic carbocycles. The predicted molar refractivity (Wildman–Crippen MR) is 82.3 cm³/mol. The molecule has 0 saturated carbocycles. The van der Waals surface area contributed by atoms with E-state index in [-0.39, 0.29) is 5.41 Å². The van der Waals surface area contributed by atoms with Gasteiger partial charge in [-0.3, -0.25) is 4.90 Å². The van der Waals surface area contributed by atoms with Gasteiger partial charge in [0.05, 0.1) is 0 Å². The van der Waals surface area contributed by atoms with Gasteiger partial charge in [0.1, 0.15) is 0 Å². The molecule has 1 rings (SSSR count). The number of aryl methyl sites for hydroxylation is 2. The number of thiophene rings is 1. The highest BCUT2D eigenvalue weighted by molar-refractivity contribution is 7.12. The minimum atomic E-state index is 0.265. The Morgan fingerprint density at radius 1 is 1.33 bits per heavy atom. The van der Waals surface area contributed by atoms with Crippen molar-refractivity contribution in [3.63, 3.8) is 0 Å². The summed E-state index contributed by atoms with van der Waals surface area (Å²) in [4.78, 5) is 5.20. The molecule has 3 heteroatoms. The van der Waals surface area contributed by atoms with Gasteiger partial charge in [0.25, 0.3) is 0 Å². The van der Waals surface area contributed by atoms with Crippen molar-refractivity contribution in [2.45, 2.75) is 53.6 Å². The normalized spacial score (nSPS) is 16.1. The summed E-state index contributed by atoms with van der Waals surface area (Å²) in [5.74, 6) is 0. The van der Waals surface area contributed by atoms with Crippen LogP contribution in [-0.2, 0) is 0 Å². The van der Waals surface area contributed by atoms with E-state index in [0.29, 0.717) is 18.6 Å². The molecule has 2 nitrogen and oxygen atoms in total. The molecule has 0 aliphatic heterocycles. The van der Waals surface area contributed by atoms with Crippen molar-refractivity contribution < 1.29 is 0 Å². The van der Waals surface area contributed by atoms with Crippen LogP contribution in [0.3, 0.4) is 0 Å². The summed E-state index contributed by atoms with van der Waals surface area (Å²) >= 11 is 1.87. The van der Waals surface area contributed by atoms with Gasteiger partial charge in [-0.25, -0.2) is 0 Å². The van der Waals surface area contributed by atoms with Crippen molar-refractivity contribution in [1.82, 2.24) is 4.90 Å². The van der Waals surface area contributed by atoms with E-state index in [1.807, 2.05) is 11.3 Å². The van der Waals surface area contributed by atoms with Crippen molar-refractivity contribution in [2.24, 2.45) is 11.1 Å². The van der Waals surface area contributed by atoms with E-state index in [2.05, 4.69) is 59.6 Å². The van der Waals surface area contributed by atoms with E-state index in [1.165, 1.54) is 15.3 Å². The van der Waals surface area contributed by atoms with Crippen molar-refractivity contribution in [3.05, 3.63) is 21.4 Å². The summed E-state index contributed by atoms with van der Waals surface area (Å²) in [6.45, 7) is 14.2. The van der Waals surface area contributed by atoms with Crippen LogP contribution in [-0.4, -0.2) is 24.5 Å². The van der Waals surface area contributed by atoms with Crippen molar-refractivity contribution in [2.75, 3.05) is 13.6 Å². The Bertz CT molecular complexity index is 390. The van der Waals surface area contributed by atoms with Crippen LogP contribution in [0.15, 0.2) is 6.07 Å². The number of rotatable bonds is 4. The highest BCUT2D eigenvalue weighted by Gasteiger charge is 2.29. The first-order chi connectivity index (χ1) is 8.18. The number of likely N-dealkylation sites (N-methyl/N-ethyl adjacent to an activating group) is 1. The fraction of sp³-hybridized carbons (Fsp3) is 0.733. The van der Waals surface area contributed by atoms with E-state index in [1.54, 1.807) is 0 Å². The maximum atomic E-state index is 6.03. The van der Waals surface area contributed by atoms with Gasteiger partial charge < -0.3 is 5.73 Å². The molecule has 0 spiro atoms. The standard InChI is InChI=1S/C15H28N2S/c1-10-8-13(11(2)18-10)14(9-16)17(7)12(3)15(4,5)6/h8,12,14H,9,16H2,1-7H3. The summed E-state index contributed by atoms with van der Waals surface area (Å²) in [5, 5.41) is 0. The third-order valence-corrected chi connectivity index (χ3v) is 5.00. The maximum absolute atomic E-state index is 6.03. The molecule has 0 amide bonds. The van der Waals surface area contributed by atoms with Gasteiger partial charge in [-0.05, 0) is 44.9 Å². The second-order valence-corrected chi connectivity index (χ2v) is 7.79. The third kappa shape index (κ3) is 3.34. The van der Waals surface area contributed by atoms with Crippen molar-refractivity contribution >= 4 is 11.3 Å². The smallest absolute Gasteiger partial charge is 0.0481 e. The average molecular weight is 268 g/mol. The zero-order valence-corrected chi connectivity index (χ0v) is 13.7. The van der Waals surface area contributed by atoms with Gasteiger partial charge in [0.2, 0.25) is 0 Å². The highest BCUT2D eigenvalue weighted by Crippen LogP contribution is 2.33. The Labute approximate surface area is 116 Å². The van der Waals surface area contributed by atoms with Gasteiger partial charge in [-0.15, -0.1) is 11.3 Å². The molecule has 0 radical (unpaired) electrons. The van der Waals surface area contributed by atoms with E-state index >= 15 is 0 Å². The second kappa shape index (κ2) is 5.72. The SMILES string of the molecule is Cc1cc(C(CN)N(C)C(C)C(C)(C)C)c(C)s1. The average Bonchev–Trinajstić information content (AvgIpc) is 2.56. The van der Waals surface area contributed by atoms with E-state index in [9.17, 15) is 0 Å². The molecule has 1 heterocycles. The van der Waals surface area contributed by atoms with E-state index in [0.717, 1.165) is 0 Å². The molecule has 2 N–H and O–H groups in total. The Kier molecular flexibility index (Phi) is 4.98. The molecule has 0 bridgehead atoms. The van der Waals surface area contributed by atoms with Gasteiger partial charge in [-0.2, -0.15) is 0 Å². The van der Waals surface area contributed by atoms with Crippen LogP contribution >= 0.6 is 11.3 Å². The lowest BCUT2D eigenvalue weighted by Gasteiger charge is -2.40. The minimum Gasteiger partial charge on any atom is -0.329 e. The van der Waals surface area contributed by atoms with Crippen LogP contribution in [0.4, 0.5) is 0 Å². The number of hydrogen-bond donors (Lipinski definition) is 1.